The molecule has 0 amide bonds. The normalized spacial score (nSPS) is 14.3. The fourth-order valence-electron chi connectivity index (χ4n) is 3.83. The number of benzene rings is 3. The highest BCUT2D eigenvalue weighted by molar-refractivity contribution is 7.93. The van der Waals surface area contributed by atoms with Gasteiger partial charge in [-0.3, -0.25) is 4.31 Å². The lowest BCUT2D eigenvalue weighted by Gasteiger charge is -2.33. The van der Waals surface area contributed by atoms with E-state index in [1.165, 1.54) is 26.4 Å². The first-order chi connectivity index (χ1) is 15.6. The maximum Gasteiger partial charge on any atom is 0.419 e. The van der Waals surface area contributed by atoms with Gasteiger partial charge < -0.3 is 14.2 Å². The van der Waals surface area contributed by atoms with Crippen molar-refractivity contribution in [2.75, 3.05) is 25.6 Å². The van der Waals surface area contributed by atoms with Crippen molar-refractivity contribution in [1.82, 2.24) is 0 Å². The number of halogens is 3. The average Bonchev–Trinajstić information content (AvgIpc) is 2.80. The molecule has 3 aromatic rings. The number of ether oxygens (including phenoxy) is 3. The van der Waals surface area contributed by atoms with Gasteiger partial charge in [-0.1, -0.05) is 30.3 Å². The van der Waals surface area contributed by atoms with Crippen LogP contribution in [0, 0.1) is 0 Å². The van der Waals surface area contributed by atoms with Crippen molar-refractivity contribution >= 4 is 15.7 Å². The van der Waals surface area contributed by atoms with E-state index in [1.54, 1.807) is 30.3 Å². The van der Waals surface area contributed by atoms with Crippen LogP contribution in [0.4, 0.5) is 18.9 Å². The molecule has 174 valence electrons. The van der Waals surface area contributed by atoms with Crippen LogP contribution in [0.15, 0.2) is 59.5 Å². The number of rotatable bonds is 5. The van der Waals surface area contributed by atoms with E-state index in [1.807, 2.05) is 0 Å². The summed E-state index contributed by atoms with van der Waals surface area (Å²) in [5.74, 6) is -0.135. The van der Waals surface area contributed by atoms with Gasteiger partial charge in [-0.05, 0) is 17.7 Å². The highest BCUT2D eigenvalue weighted by atomic mass is 32.2. The van der Waals surface area contributed by atoms with E-state index in [2.05, 4.69) is 0 Å². The minimum atomic E-state index is -4.71. The van der Waals surface area contributed by atoms with Gasteiger partial charge in [0.1, 0.15) is 5.75 Å². The van der Waals surface area contributed by atoms with E-state index in [4.69, 9.17) is 14.2 Å². The molecule has 33 heavy (non-hydrogen) atoms. The minimum Gasteiger partial charge on any atom is -0.496 e. The fourth-order valence-corrected chi connectivity index (χ4v) is 5.50. The van der Waals surface area contributed by atoms with E-state index < -0.39 is 27.5 Å². The molecule has 0 fully saturated rings. The van der Waals surface area contributed by atoms with Gasteiger partial charge in [-0.15, -0.1) is 0 Å². The third-order valence-electron chi connectivity index (χ3n) is 5.40. The summed E-state index contributed by atoms with van der Waals surface area (Å²) in [6.45, 7) is -0.0848. The number of anilines is 1. The van der Waals surface area contributed by atoms with Crippen LogP contribution in [-0.4, -0.2) is 29.7 Å². The van der Waals surface area contributed by atoms with Gasteiger partial charge in [0.25, 0.3) is 10.0 Å². The Balaban J connectivity index is 2.06. The second-order valence-corrected chi connectivity index (χ2v) is 9.10. The Morgan fingerprint density at radius 3 is 2.00 bits per heavy atom. The summed E-state index contributed by atoms with van der Waals surface area (Å²) in [5, 5.41) is 0. The summed E-state index contributed by atoms with van der Waals surface area (Å²) >= 11 is 0. The smallest absolute Gasteiger partial charge is 0.419 e. The van der Waals surface area contributed by atoms with E-state index >= 15 is 0 Å². The molecule has 1 aliphatic heterocycles. The van der Waals surface area contributed by atoms with Gasteiger partial charge in [0.05, 0.1) is 44.0 Å². The summed E-state index contributed by atoms with van der Waals surface area (Å²) in [6, 6.07) is 13.4. The maximum atomic E-state index is 13.8. The Labute approximate surface area is 189 Å². The Bertz CT molecular complexity index is 1310. The second-order valence-electron chi connectivity index (χ2n) is 7.27. The molecule has 3 aromatic carbocycles. The molecule has 0 saturated heterocycles. The van der Waals surface area contributed by atoms with Gasteiger partial charge in [0.2, 0.25) is 0 Å². The van der Waals surface area contributed by atoms with Gasteiger partial charge >= 0.3 is 6.18 Å². The zero-order chi connectivity index (χ0) is 24.0. The largest absolute Gasteiger partial charge is 0.496 e. The molecule has 0 aromatic heterocycles. The van der Waals surface area contributed by atoms with Crippen molar-refractivity contribution in [2.24, 2.45) is 0 Å². The summed E-state index contributed by atoms with van der Waals surface area (Å²) < 4.78 is 85.3. The molecule has 10 heteroatoms. The van der Waals surface area contributed by atoms with Gasteiger partial charge in [-0.2, -0.15) is 13.2 Å². The highest BCUT2D eigenvalue weighted by Gasteiger charge is 2.41. The lowest BCUT2D eigenvalue weighted by molar-refractivity contribution is -0.138. The number of fused-ring (bicyclic) bond motifs is 3. The molecule has 0 atom stereocenters. The summed E-state index contributed by atoms with van der Waals surface area (Å²) in [5.41, 5.74) is -0.105. The first-order valence-corrected chi connectivity index (χ1v) is 11.2. The molecule has 0 radical (unpaired) electrons. The fraction of sp³-hybridized carbons (Fsp3) is 0.217. The SMILES string of the molecule is COc1cc2c(cc1OC)S(=O)(=O)N(Cc1ccccc1)c1cc(OC)c(C(F)(F)F)cc1-2. The molecule has 0 bridgehead atoms. The zero-order valence-corrected chi connectivity index (χ0v) is 18.8. The van der Waals surface area contributed by atoms with Crippen LogP contribution in [0.3, 0.4) is 0 Å². The molecule has 0 N–H and O–H groups in total. The Kier molecular flexibility index (Phi) is 5.65. The Morgan fingerprint density at radius 2 is 1.42 bits per heavy atom. The van der Waals surface area contributed by atoms with Crippen molar-refractivity contribution in [3.63, 3.8) is 0 Å². The first-order valence-electron chi connectivity index (χ1n) is 9.74. The number of hydrogen-bond donors (Lipinski definition) is 0. The van der Waals surface area contributed by atoms with Gasteiger partial charge in [0, 0.05) is 23.3 Å². The quantitative estimate of drug-likeness (QED) is 0.509. The standard InChI is InChI=1S/C23H20F3NO5S/c1-30-19-11-18-15(9-17(19)23(24,25)26)16-10-20(31-2)21(32-3)12-22(16)33(28,29)27(18)13-14-7-5-4-6-8-14/h4-12H,13H2,1-3H3. The highest BCUT2D eigenvalue weighted by Crippen LogP contribution is 2.51. The van der Waals surface area contributed by atoms with Crippen LogP contribution in [0.2, 0.25) is 0 Å². The number of methoxy groups -OCH3 is 3. The van der Waals surface area contributed by atoms with E-state index in [0.29, 0.717) is 5.56 Å². The predicted molar refractivity (Wildman–Crippen MR) is 116 cm³/mol. The molecule has 0 unspecified atom stereocenters. The number of nitrogens with zero attached hydrogens (tertiary/aromatic N) is 1. The third-order valence-corrected chi connectivity index (χ3v) is 7.20. The lowest BCUT2D eigenvalue weighted by Crippen LogP contribution is -2.34. The van der Waals surface area contributed by atoms with Crippen LogP contribution in [-0.2, 0) is 22.7 Å². The van der Waals surface area contributed by atoms with Crippen molar-refractivity contribution in [3.8, 4) is 28.4 Å². The van der Waals surface area contributed by atoms with Crippen molar-refractivity contribution in [3.05, 3.63) is 65.7 Å². The van der Waals surface area contributed by atoms with Crippen LogP contribution < -0.4 is 18.5 Å². The van der Waals surface area contributed by atoms with Crippen molar-refractivity contribution < 1.29 is 35.8 Å². The van der Waals surface area contributed by atoms with E-state index in [9.17, 15) is 21.6 Å². The van der Waals surface area contributed by atoms with Crippen LogP contribution in [0.25, 0.3) is 11.1 Å². The molecule has 6 nitrogen and oxygen atoms in total. The molecular weight excluding hydrogens is 459 g/mol. The topological polar surface area (TPSA) is 65.1 Å². The number of alkyl halides is 3. The van der Waals surface area contributed by atoms with E-state index in [-0.39, 0.29) is 39.8 Å². The summed E-state index contributed by atoms with van der Waals surface area (Å²) in [4.78, 5) is -0.179. The van der Waals surface area contributed by atoms with Crippen LogP contribution in [0.5, 0.6) is 17.2 Å². The molecule has 4 rings (SSSR count). The number of sulfonamides is 1. The molecule has 1 aliphatic rings. The molecule has 0 saturated carbocycles. The number of hydrogen-bond acceptors (Lipinski definition) is 5. The average molecular weight is 479 g/mol. The Morgan fingerprint density at radius 1 is 0.818 bits per heavy atom. The lowest BCUT2D eigenvalue weighted by atomic mass is 9.98. The van der Waals surface area contributed by atoms with Crippen LogP contribution in [0.1, 0.15) is 11.1 Å². The van der Waals surface area contributed by atoms with Gasteiger partial charge in [-0.25, -0.2) is 8.42 Å². The predicted octanol–water partition coefficient (Wildman–Crippen LogP) is 5.11. The molecule has 0 aliphatic carbocycles. The second kappa shape index (κ2) is 8.18. The zero-order valence-electron chi connectivity index (χ0n) is 17.9. The minimum absolute atomic E-state index is 0.0726. The Hall–Kier alpha value is -3.40. The summed E-state index contributed by atoms with van der Waals surface area (Å²) in [6.07, 6.45) is -4.71. The maximum absolute atomic E-state index is 13.8. The van der Waals surface area contributed by atoms with Gasteiger partial charge in [0.15, 0.2) is 11.5 Å². The molecule has 0 spiro atoms. The monoisotopic (exact) mass is 479 g/mol. The molecular formula is C23H20F3NO5S. The van der Waals surface area contributed by atoms with E-state index in [0.717, 1.165) is 23.5 Å². The summed E-state index contributed by atoms with van der Waals surface area (Å²) in [7, 11) is -0.346. The van der Waals surface area contributed by atoms with Crippen LogP contribution >= 0.6 is 0 Å². The van der Waals surface area contributed by atoms with Crippen molar-refractivity contribution in [2.45, 2.75) is 17.6 Å². The first kappa shape index (κ1) is 22.8. The molecule has 1 heterocycles. The third kappa shape index (κ3) is 3.84. The van der Waals surface area contributed by atoms with Crippen molar-refractivity contribution in [1.29, 1.82) is 0 Å².